The first-order valence-corrected chi connectivity index (χ1v) is 9.31. The van der Waals surface area contributed by atoms with E-state index in [0.29, 0.717) is 22.0 Å². The number of benzene rings is 2. The van der Waals surface area contributed by atoms with Crippen LogP contribution in [0.1, 0.15) is 22.8 Å². The number of nitrogen functional groups attached to an aromatic ring is 1. The van der Waals surface area contributed by atoms with E-state index in [9.17, 15) is 9.59 Å². The molecule has 2 aromatic carbocycles. The van der Waals surface area contributed by atoms with Crippen LogP contribution in [0.2, 0.25) is 5.02 Å². The van der Waals surface area contributed by atoms with Gasteiger partial charge in [-0.05, 0) is 30.7 Å². The molecule has 0 spiro atoms. The van der Waals surface area contributed by atoms with Gasteiger partial charge in [-0.2, -0.15) is 4.68 Å². The third kappa shape index (κ3) is 4.47. The van der Waals surface area contributed by atoms with E-state index in [1.807, 2.05) is 18.2 Å². The molecule has 0 saturated carbocycles. The van der Waals surface area contributed by atoms with Crippen LogP contribution in [-0.2, 0) is 5.75 Å². The molecule has 0 atom stereocenters. The fraction of sp³-hybridized carbons (Fsp3) is 0.111. The van der Waals surface area contributed by atoms with Gasteiger partial charge in [0.1, 0.15) is 0 Å². The molecule has 0 unspecified atom stereocenters. The number of nitrogens with zero attached hydrogens (tertiary/aromatic N) is 3. The number of nitrogens with one attached hydrogen (secondary N) is 1. The minimum atomic E-state index is -0.528. The van der Waals surface area contributed by atoms with Crippen molar-refractivity contribution in [3.8, 4) is 0 Å². The van der Waals surface area contributed by atoms with Gasteiger partial charge >= 0.3 is 5.56 Å². The van der Waals surface area contributed by atoms with Crippen molar-refractivity contribution in [2.75, 3.05) is 11.2 Å². The molecule has 3 rings (SSSR count). The summed E-state index contributed by atoms with van der Waals surface area (Å²) in [7, 11) is 0. The number of carbonyl (C=O) groups excluding carboxylic acids is 1. The van der Waals surface area contributed by atoms with Crippen molar-refractivity contribution in [2.45, 2.75) is 17.8 Å². The van der Waals surface area contributed by atoms with Crippen molar-refractivity contribution in [2.24, 2.45) is 0 Å². The zero-order valence-electron chi connectivity index (χ0n) is 14.3. The average Bonchev–Trinajstić information content (AvgIpc) is 2.66. The third-order valence-electron chi connectivity index (χ3n) is 3.71. The quantitative estimate of drug-likeness (QED) is 0.371. The van der Waals surface area contributed by atoms with Crippen LogP contribution in [0.4, 0.5) is 11.5 Å². The molecule has 7 nitrogen and oxygen atoms in total. The Balaban J connectivity index is 1.79. The Morgan fingerprint density at radius 3 is 2.74 bits per heavy atom. The van der Waals surface area contributed by atoms with Gasteiger partial charge < -0.3 is 11.2 Å². The van der Waals surface area contributed by atoms with Crippen LogP contribution < -0.4 is 16.7 Å². The van der Waals surface area contributed by atoms with Crippen molar-refractivity contribution < 1.29 is 4.79 Å². The van der Waals surface area contributed by atoms with Crippen LogP contribution in [0.3, 0.4) is 0 Å². The van der Waals surface area contributed by atoms with Crippen LogP contribution in [0, 0.1) is 0 Å². The SMILES string of the molecule is CC(=O)c1cccc(Nc2nnc(SCc3ccccc3Cl)n(N)c2=O)c1. The molecule has 0 saturated heterocycles. The monoisotopic (exact) mass is 401 g/mol. The molecule has 1 aromatic heterocycles. The molecule has 0 amide bonds. The Morgan fingerprint density at radius 2 is 2.00 bits per heavy atom. The first kappa shape index (κ1) is 18.9. The molecule has 138 valence electrons. The Kier molecular flexibility index (Phi) is 5.78. The van der Waals surface area contributed by atoms with Crippen molar-refractivity contribution in [1.29, 1.82) is 0 Å². The number of hydrogen-bond acceptors (Lipinski definition) is 7. The van der Waals surface area contributed by atoms with Crippen LogP contribution >= 0.6 is 23.4 Å². The van der Waals surface area contributed by atoms with Crippen molar-refractivity contribution in [3.05, 3.63) is 75.0 Å². The van der Waals surface area contributed by atoms with E-state index >= 15 is 0 Å². The van der Waals surface area contributed by atoms with Gasteiger partial charge in [0.15, 0.2) is 5.78 Å². The average molecular weight is 402 g/mol. The topological polar surface area (TPSA) is 103 Å². The number of thioether (sulfide) groups is 1. The summed E-state index contributed by atoms with van der Waals surface area (Å²) in [6.07, 6.45) is 0. The standard InChI is InChI=1S/C18H16ClN5O2S/c1-11(25)12-6-4-7-14(9-12)21-16-17(26)24(20)18(23-22-16)27-10-13-5-2-3-8-15(13)19/h2-9H,10,20H2,1H3,(H,21,22). The highest BCUT2D eigenvalue weighted by molar-refractivity contribution is 7.98. The fourth-order valence-electron chi connectivity index (χ4n) is 2.27. The predicted molar refractivity (Wildman–Crippen MR) is 107 cm³/mol. The first-order valence-electron chi connectivity index (χ1n) is 7.94. The van der Waals surface area contributed by atoms with Crippen molar-refractivity contribution in [3.63, 3.8) is 0 Å². The summed E-state index contributed by atoms with van der Waals surface area (Å²) in [5.74, 6) is 6.27. The largest absolute Gasteiger partial charge is 0.334 e. The van der Waals surface area contributed by atoms with Gasteiger partial charge in [-0.1, -0.05) is 53.7 Å². The van der Waals surface area contributed by atoms with E-state index in [4.69, 9.17) is 17.4 Å². The summed E-state index contributed by atoms with van der Waals surface area (Å²) in [6.45, 7) is 1.47. The van der Waals surface area contributed by atoms with Crippen LogP contribution in [-0.4, -0.2) is 20.7 Å². The number of hydrogen-bond donors (Lipinski definition) is 2. The molecule has 1 heterocycles. The second kappa shape index (κ2) is 8.24. The Bertz CT molecular complexity index is 1050. The molecule has 0 bridgehead atoms. The molecule has 0 aliphatic rings. The van der Waals surface area contributed by atoms with E-state index in [2.05, 4.69) is 15.5 Å². The molecule has 0 fully saturated rings. The summed E-state index contributed by atoms with van der Waals surface area (Å²) in [4.78, 5) is 23.9. The maximum Gasteiger partial charge on any atom is 0.315 e. The fourth-order valence-corrected chi connectivity index (χ4v) is 3.41. The zero-order chi connectivity index (χ0) is 19.4. The van der Waals surface area contributed by atoms with Crippen molar-refractivity contribution in [1.82, 2.24) is 14.9 Å². The number of carbonyl (C=O) groups is 1. The second-order valence-electron chi connectivity index (χ2n) is 5.65. The number of halogens is 1. The minimum absolute atomic E-state index is 0.0275. The predicted octanol–water partition coefficient (Wildman–Crippen LogP) is 3.24. The van der Waals surface area contributed by atoms with Gasteiger partial charge in [-0.3, -0.25) is 9.59 Å². The van der Waals surface area contributed by atoms with E-state index < -0.39 is 5.56 Å². The molecule has 0 aliphatic heterocycles. The van der Waals surface area contributed by atoms with Gasteiger partial charge in [-0.25, -0.2) is 0 Å². The zero-order valence-corrected chi connectivity index (χ0v) is 15.9. The van der Waals surface area contributed by atoms with E-state index in [1.165, 1.54) is 18.7 Å². The number of anilines is 2. The van der Waals surface area contributed by atoms with Crippen LogP contribution in [0.5, 0.6) is 0 Å². The van der Waals surface area contributed by atoms with E-state index in [1.54, 1.807) is 30.3 Å². The smallest absolute Gasteiger partial charge is 0.315 e. The Labute approximate surface area is 164 Å². The minimum Gasteiger partial charge on any atom is -0.334 e. The summed E-state index contributed by atoms with van der Waals surface area (Å²) in [6, 6.07) is 14.2. The summed E-state index contributed by atoms with van der Waals surface area (Å²) < 4.78 is 0.936. The summed E-state index contributed by atoms with van der Waals surface area (Å²) in [5.41, 5.74) is 1.44. The number of Topliss-reactive ketones (excluding diaryl/α,β-unsaturated/α-hetero) is 1. The molecule has 0 radical (unpaired) electrons. The molecule has 0 aliphatic carbocycles. The number of rotatable bonds is 6. The maximum absolute atomic E-state index is 12.5. The van der Waals surface area contributed by atoms with Crippen molar-refractivity contribution >= 4 is 40.7 Å². The molecule has 27 heavy (non-hydrogen) atoms. The van der Waals surface area contributed by atoms with Crippen LogP contribution in [0.15, 0.2) is 58.5 Å². The lowest BCUT2D eigenvalue weighted by atomic mass is 10.1. The summed E-state index contributed by atoms with van der Waals surface area (Å²) in [5, 5.41) is 11.7. The Hall–Kier alpha value is -2.84. The van der Waals surface area contributed by atoms with Gasteiger partial charge in [0, 0.05) is 22.0 Å². The Morgan fingerprint density at radius 1 is 1.22 bits per heavy atom. The molecule has 3 aromatic rings. The number of ketones is 1. The highest BCUT2D eigenvalue weighted by atomic mass is 35.5. The molecule has 3 N–H and O–H groups in total. The number of aromatic nitrogens is 3. The summed E-state index contributed by atoms with van der Waals surface area (Å²) >= 11 is 7.39. The highest BCUT2D eigenvalue weighted by Crippen LogP contribution is 2.24. The van der Waals surface area contributed by atoms with Gasteiger partial charge in [-0.15, -0.1) is 10.2 Å². The molecular formula is C18H16ClN5O2S. The normalized spacial score (nSPS) is 10.6. The number of nitrogens with two attached hydrogens (primary N) is 1. The molecule has 9 heteroatoms. The third-order valence-corrected chi connectivity index (χ3v) is 5.07. The van der Waals surface area contributed by atoms with Gasteiger partial charge in [0.25, 0.3) is 0 Å². The molecular weight excluding hydrogens is 386 g/mol. The first-order chi connectivity index (χ1) is 13.0. The lowest BCUT2D eigenvalue weighted by molar-refractivity contribution is 0.101. The van der Waals surface area contributed by atoms with Gasteiger partial charge in [0.2, 0.25) is 11.0 Å². The van der Waals surface area contributed by atoms with Crippen LogP contribution in [0.25, 0.3) is 0 Å². The highest BCUT2D eigenvalue weighted by Gasteiger charge is 2.12. The van der Waals surface area contributed by atoms with E-state index in [-0.39, 0.29) is 16.8 Å². The maximum atomic E-state index is 12.5. The van der Waals surface area contributed by atoms with Gasteiger partial charge in [0.05, 0.1) is 0 Å². The lowest BCUT2D eigenvalue weighted by Gasteiger charge is -2.10. The second-order valence-corrected chi connectivity index (χ2v) is 7.00. The van der Waals surface area contributed by atoms with E-state index in [0.717, 1.165) is 10.2 Å². The lowest BCUT2D eigenvalue weighted by Crippen LogP contribution is -2.32.